The Morgan fingerprint density at radius 2 is 1.82 bits per heavy atom. The summed E-state index contributed by atoms with van der Waals surface area (Å²) in [5.41, 5.74) is 0.632. The van der Waals surface area contributed by atoms with Gasteiger partial charge in [0.05, 0.1) is 12.1 Å². The van der Waals surface area contributed by atoms with Crippen LogP contribution in [0.15, 0.2) is 45.3 Å². The van der Waals surface area contributed by atoms with Gasteiger partial charge >= 0.3 is 5.69 Å². The van der Waals surface area contributed by atoms with E-state index in [1.807, 2.05) is 24.1 Å². The molecule has 33 heavy (non-hydrogen) atoms. The molecule has 1 aromatic carbocycles. The SMILES string of the molecule is CCN(CC)C(=O)C1CCC(Cn2c(=O)c3sccc3n(Cc3cccc(F)c3)c2=O)CC1. The van der Waals surface area contributed by atoms with Gasteiger partial charge in [-0.05, 0) is 74.6 Å². The van der Waals surface area contributed by atoms with Crippen LogP contribution in [0.4, 0.5) is 4.39 Å². The molecule has 1 aliphatic carbocycles. The summed E-state index contributed by atoms with van der Waals surface area (Å²) >= 11 is 1.32. The number of fused-ring (bicyclic) bond motifs is 1. The van der Waals surface area contributed by atoms with Crippen LogP contribution in [-0.2, 0) is 17.9 Å². The van der Waals surface area contributed by atoms with Gasteiger partial charge < -0.3 is 4.90 Å². The second kappa shape index (κ2) is 10.0. The third-order valence-electron chi connectivity index (χ3n) is 6.78. The highest BCUT2D eigenvalue weighted by molar-refractivity contribution is 7.17. The van der Waals surface area contributed by atoms with Gasteiger partial charge in [-0.1, -0.05) is 12.1 Å². The Morgan fingerprint density at radius 1 is 1.09 bits per heavy atom. The quantitative estimate of drug-likeness (QED) is 0.522. The molecule has 4 rings (SSSR count). The Labute approximate surface area is 196 Å². The molecule has 1 aliphatic rings. The van der Waals surface area contributed by atoms with E-state index in [2.05, 4.69) is 0 Å². The van der Waals surface area contributed by atoms with E-state index in [0.717, 1.165) is 38.8 Å². The summed E-state index contributed by atoms with van der Waals surface area (Å²) < 4.78 is 17.1. The molecule has 6 nitrogen and oxygen atoms in total. The van der Waals surface area contributed by atoms with E-state index in [-0.39, 0.29) is 41.4 Å². The summed E-state index contributed by atoms with van der Waals surface area (Å²) in [6.45, 7) is 5.98. The van der Waals surface area contributed by atoms with Crippen molar-refractivity contribution in [2.45, 2.75) is 52.6 Å². The second-order valence-electron chi connectivity index (χ2n) is 8.78. The minimum atomic E-state index is -0.364. The molecule has 0 saturated heterocycles. The van der Waals surface area contributed by atoms with Gasteiger partial charge in [0.2, 0.25) is 5.91 Å². The van der Waals surface area contributed by atoms with Gasteiger partial charge in [-0.2, -0.15) is 0 Å². The molecule has 0 radical (unpaired) electrons. The number of nitrogens with zero attached hydrogens (tertiary/aromatic N) is 3. The fourth-order valence-corrected chi connectivity index (χ4v) is 5.75. The Morgan fingerprint density at radius 3 is 2.48 bits per heavy atom. The van der Waals surface area contributed by atoms with E-state index in [1.165, 1.54) is 28.0 Å². The minimum absolute atomic E-state index is 0.0299. The maximum absolute atomic E-state index is 13.7. The number of thiophene rings is 1. The third kappa shape index (κ3) is 4.81. The van der Waals surface area contributed by atoms with Crippen molar-refractivity contribution in [3.63, 3.8) is 0 Å². The molecule has 176 valence electrons. The number of rotatable bonds is 7. The lowest BCUT2D eigenvalue weighted by Crippen LogP contribution is -2.42. The highest BCUT2D eigenvalue weighted by Gasteiger charge is 2.29. The van der Waals surface area contributed by atoms with E-state index < -0.39 is 0 Å². The van der Waals surface area contributed by atoms with Crippen molar-refractivity contribution in [1.29, 1.82) is 0 Å². The Hall–Kier alpha value is -2.74. The molecule has 0 atom stereocenters. The van der Waals surface area contributed by atoms with E-state index in [4.69, 9.17) is 0 Å². The van der Waals surface area contributed by atoms with Gasteiger partial charge in [0.15, 0.2) is 0 Å². The van der Waals surface area contributed by atoms with Crippen LogP contribution in [0, 0.1) is 17.7 Å². The number of aromatic nitrogens is 2. The van der Waals surface area contributed by atoms with Crippen LogP contribution >= 0.6 is 11.3 Å². The third-order valence-corrected chi connectivity index (χ3v) is 7.67. The first-order valence-electron chi connectivity index (χ1n) is 11.7. The lowest BCUT2D eigenvalue weighted by atomic mass is 9.81. The number of carbonyl (C=O) groups excluding carboxylic acids is 1. The Kier molecular flexibility index (Phi) is 7.12. The maximum Gasteiger partial charge on any atom is 0.331 e. The van der Waals surface area contributed by atoms with Crippen LogP contribution in [0.3, 0.4) is 0 Å². The average Bonchev–Trinajstić information content (AvgIpc) is 3.31. The minimum Gasteiger partial charge on any atom is -0.343 e. The normalized spacial score (nSPS) is 18.5. The summed E-state index contributed by atoms with van der Waals surface area (Å²) in [6.07, 6.45) is 3.20. The fraction of sp³-hybridized carbons (Fsp3) is 0.480. The van der Waals surface area contributed by atoms with Gasteiger partial charge in [0.1, 0.15) is 10.5 Å². The number of hydrogen-bond donors (Lipinski definition) is 0. The Bertz CT molecular complexity index is 1250. The van der Waals surface area contributed by atoms with Gasteiger partial charge in [-0.3, -0.25) is 18.7 Å². The lowest BCUT2D eigenvalue weighted by Gasteiger charge is -2.31. The van der Waals surface area contributed by atoms with Crippen LogP contribution in [0.25, 0.3) is 10.2 Å². The molecule has 0 aliphatic heterocycles. The summed E-state index contributed by atoms with van der Waals surface area (Å²) in [6, 6.07) is 7.95. The van der Waals surface area contributed by atoms with Crippen molar-refractivity contribution < 1.29 is 9.18 Å². The highest BCUT2D eigenvalue weighted by atomic mass is 32.1. The summed E-state index contributed by atoms with van der Waals surface area (Å²) in [5, 5.41) is 1.81. The maximum atomic E-state index is 13.7. The molecule has 0 N–H and O–H groups in total. The zero-order valence-electron chi connectivity index (χ0n) is 19.1. The molecule has 1 saturated carbocycles. The molecule has 3 aromatic rings. The molecular weight excluding hydrogens is 441 g/mol. The first-order valence-corrected chi connectivity index (χ1v) is 12.5. The molecule has 2 aromatic heterocycles. The number of hydrogen-bond acceptors (Lipinski definition) is 4. The lowest BCUT2D eigenvalue weighted by molar-refractivity contribution is -0.136. The molecule has 1 amide bonds. The van der Waals surface area contributed by atoms with Crippen molar-refractivity contribution in [2.24, 2.45) is 11.8 Å². The Balaban J connectivity index is 1.57. The van der Waals surface area contributed by atoms with Crippen LogP contribution in [0.1, 0.15) is 45.1 Å². The van der Waals surface area contributed by atoms with Gasteiger partial charge in [-0.15, -0.1) is 11.3 Å². The predicted octanol–water partition coefficient (Wildman–Crippen LogP) is 4.09. The molecule has 0 spiro atoms. The largest absolute Gasteiger partial charge is 0.343 e. The van der Waals surface area contributed by atoms with Crippen LogP contribution < -0.4 is 11.2 Å². The van der Waals surface area contributed by atoms with E-state index >= 15 is 0 Å². The topological polar surface area (TPSA) is 64.3 Å². The smallest absolute Gasteiger partial charge is 0.331 e. The number of benzene rings is 1. The van der Waals surface area contributed by atoms with E-state index in [9.17, 15) is 18.8 Å². The van der Waals surface area contributed by atoms with Crippen LogP contribution in [0.5, 0.6) is 0 Å². The van der Waals surface area contributed by atoms with Gasteiger partial charge in [0.25, 0.3) is 5.56 Å². The van der Waals surface area contributed by atoms with E-state index in [0.29, 0.717) is 22.3 Å². The molecule has 1 fully saturated rings. The van der Waals surface area contributed by atoms with Crippen molar-refractivity contribution in [2.75, 3.05) is 13.1 Å². The number of amides is 1. The molecular formula is C25H30FN3O3S. The standard InChI is InChI=1S/C25H30FN3O3S/c1-3-27(4-2)23(30)19-10-8-17(9-11-19)15-29-24(31)22-21(12-13-33-22)28(25(29)32)16-18-6-5-7-20(26)14-18/h5-7,12-14,17,19H,3-4,8-11,15-16H2,1-2H3. The summed E-state index contributed by atoms with van der Waals surface area (Å²) in [7, 11) is 0. The van der Waals surface area contributed by atoms with Crippen molar-refractivity contribution in [3.05, 3.63) is 67.9 Å². The zero-order valence-corrected chi connectivity index (χ0v) is 19.9. The van der Waals surface area contributed by atoms with Crippen LogP contribution in [-0.4, -0.2) is 33.0 Å². The van der Waals surface area contributed by atoms with Crippen LogP contribution in [0.2, 0.25) is 0 Å². The molecule has 0 bridgehead atoms. The monoisotopic (exact) mass is 471 g/mol. The van der Waals surface area contributed by atoms with E-state index in [1.54, 1.807) is 22.8 Å². The van der Waals surface area contributed by atoms with Crippen molar-refractivity contribution >= 4 is 27.5 Å². The number of halogens is 1. The number of carbonyl (C=O) groups is 1. The predicted molar refractivity (Wildman–Crippen MR) is 129 cm³/mol. The average molecular weight is 472 g/mol. The first kappa shape index (κ1) is 23.4. The first-order chi connectivity index (χ1) is 15.9. The molecule has 2 heterocycles. The van der Waals surface area contributed by atoms with Gasteiger partial charge in [0, 0.05) is 25.6 Å². The highest BCUT2D eigenvalue weighted by Crippen LogP contribution is 2.31. The molecule has 8 heteroatoms. The van der Waals surface area contributed by atoms with Crippen molar-refractivity contribution in [3.8, 4) is 0 Å². The van der Waals surface area contributed by atoms with Crippen molar-refractivity contribution in [1.82, 2.24) is 14.0 Å². The fourth-order valence-electron chi connectivity index (χ4n) is 4.91. The summed E-state index contributed by atoms with van der Waals surface area (Å²) in [4.78, 5) is 41.1. The second-order valence-corrected chi connectivity index (χ2v) is 9.69. The summed E-state index contributed by atoms with van der Waals surface area (Å²) in [5.74, 6) is 0.0676. The van der Waals surface area contributed by atoms with Gasteiger partial charge in [-0.25, -0.2) is 9.18 Å². The zero-order chi connectivity index (χ0) is 23.5. The molecule has 0 unspecified atom stereocenters.